The molecule has 0 spiro atoms. The molecule has 262 valence electrons. The summed E-state index contributed by atoms with van der Waals surface area (Å²) >= 11 is 0. The minimum atomic E-state index is -0.0985. The second kappa shape index (κ2) is 10.7. The van der Waals surface area contributed by atoms with Crippen LogP contribution in [0.5, 0.6) is 0 Å². The highest BCUT2D eigenvalue weighted by Gasteiger charge is 2.29. The Labute approximate surface area is 313 Å². The van der Waals surface area contributed by atoms with Gasteiger partial charge in [-0.2, -0.15) is 0 Å². The van der Waals surface area contributed by atoms with Crippen LogP contribution in [0.25, 0.3) is 98.6 Å². The van der Waals surface area contributed by atoms with Gasteiger partial charge in [0.25, 0.3) is 0 Å². The lowest BCUT2D eigenvalue weighted by Crippen LogP contribution is -2.12. The van der Waals surface area contributed by atoms with E-state index >= 15 is 0 Å². The molecule has 4 heteroatoms. The van der Waals surface area contributed by atoms with Crippen LogP contribution in [0.15, 0.2) is 133 Å². The van der Waals surface area contributed by atoms with Crippen molar-refractivity contribution in [2.75, 3.05) is 0 Å². The van der Waals surface area contributed by atoms with E-state index in [1.54, 1.807) is 0 Å². The Morgan fingerprint density at radius 2 is 0.833 bits per heavy atom. The van der Waals surface area contributed by atoms with Gasteiger partial charge in [-0.25, -0.2) is 0 Å². The summed E-state index contributed by atoms with van der Waals surface area (Å²) < 4.78 is 4.96. The molecule has 4 heterocycles. The van der Waals surface area contributed by atoms with E-state index < -0.39 is 0 Å². The third-order valence-corrected chi connectivity index (χ3v) is 11.8. The van der Waals surface area contributed by atoms with Gasteiger partial charge < -0.3 is 19.1 Å². The van der Waals surface area contributed by atoms with Gasteiger partial charge >= 0.3 is 0 Å². The van der Waals surface area contributed by atoms with Crippen LogP contribution in [0.4, 0.5) is 0 Å². The van der Waals surface area contributed by atoms with Crippen LogP contribution in [0.2, 0.25) is 0 Å². The first-order valence-electron chi connectivity index (χ1n) is 19.1. The zero-order valence-electron chi connectivity index (χ0n) is 31.6. The Balaban J connectivity index is 1.38. The summed E-state index contributed by atoms with van der Waals surface area (Å²) in [4.78, 5) is 7.96. The van der Waals surface area contributed by atoms with Crippen LogP contribution in [0.3, 0.4) is 0 Å². The van der Waals surface area contributed by atoms with Gasteiger partial charge in [0, 0.05) is 65.5 Å². The summed E-state index contributed by atoms with van der Waals surface area (Å²) in [6, 6.07) is 49.3. The molecule has 0 unspecified atom stereocenters. The summed E-state index contributed by atoms with van der Waals surface area (Å²) in [5.41, 5.74) is 14.4. The van der Waals surface area contributed by atoms with Crippen molar-refractivity contribution in [3.63, 3.8) is 0 Å². The molecule has 0 radical (unpaired) electrons. The van der Waals surface area contributed by atoms with E-state index in [9.17, 15) is 0 Å². The zero-order valence-corrected chi connectivity index (χ0v) is 31.6. The monoisotopic (exact) mass is 698 g/mol. The fourth-order valence-electron chi connectivity index (χ4n) is 9.44. The second-order valence-electron chi connectivity index (χ2n) is 17.2. The van der Waals surface area contributed by atoms with Crippen molar-refractivity contribution in [1.82, 2.24) is 19.1 Å². The summed E-state index contributed by atoms with van der Waals surface area (Å²) in [6.07, 6.45) is 0. The molecular formula is C50H42N4. The first-order valence-corrected chi connectivity index (χ1v) is 19.1. The number of aromatic amines is 2. The maximum atomic E-state index is 3.98. The molecule has 2 N–H and O–H groups in total. The zero-order chi connectivity index (χ0) is 36.7. The number of rotatable bonds is 2. The maximum absolute atomic E-state index is 3.98. The van der Waals surface area contributed by atoms with E-state index in [1.165, 1.54) is 104 Å². The predicted octanol–water partition coefficient (Wildman–Crippen LogP) is 13.7. The van der Waals surface area contributed by atoms with Crippen molar-refractivity contribution in [2.24, 2.45) is 0 Å². The van der Waals surface area contributed by atoms with E-state index in [-0.39, 0.29) is 10.8 Å². The molecule has 0 saturated heterocycles. The lowest BCUT2D eigenvalue weighted by Gasteiger charge is -2.22. The van der Waals surface area contributed by atoms with Gasteiger partial charge in [-0.3, -0.25) is 0 Å². The molecule has 0 saturated carbocycles. The lowest BCUT2D eigenvalue weighted by atomic mass is 9.82. The molecule has 11 aromatic rings. The molecule has 0 bridgehead atoms. The largest absolute Gasteiger partial charge is 0.354 e. The molecule has 4 nitrogen and oxygen atoms in total. The van der Waals surface area contributed by atoms with E-state index in [0.29, 0.717) is 0 Å². The van der Waals surface area contributed by atoms with Crippen LogP contribution in [0, 0.1) is 0 Å². The Morgan fingerprint density at radius 1 is 0.370 bits per heavy atom. The molecule has 0 atom stereocenters. The quantitative estimate of drug-likeness (QED) is 0.180. The number of fused-ring (bicyclic) bond motifs is 14. The number of hydrogen-bond donors (Lipinski definition) is 2. The summed E-state index contributed by atoms with van der Waals surface area (Å²) in [6.45, 7) is 14.1. The fourth-order valence-corrected chi connectivity index (χ4v) is 9.44. The molecule has 0 fully saturated rings. The number of hydrogen-bond acceptors (Lipinski definition) is 0. The number of H-pyrrole nitrogens is 2. The SMILES string of the molecule is CC(C)(C)c1cc2c(c3[nH]c4ccccc4c13)c1c3[nH]c4ccccc4c3c(C(C)(C)C)cc1n2-c1ccc2c(c1)c1ccccc1n2-c1ccccc1. The van der Waals surface area contributed by atoms with Gasteiger partial charge in [-0.1, -0.05) is 114 Å². The summed E-state index contributed by atoms with van der Waals surface area (Å²) in [5, 5.41) is 10.2. The van der Waals surface area contributed by atoms with Crippen LogP contribution in [-0.4, -0.2) is 19.1 Å². The van der Waals surface area contributed by atoms with Gasteiger partial charge in [0.15, 0.2) is 0 Å². The number of nitrogens with zero attached hydrogens (tertiary/aromatic N) is 2. The normalized spacial score (nSPS) is 13.0. The molecular weight excluding hydrogens is 657 g/mol. The highest BCUT2D eigenvalue weighted by atomic mass is 15.0. The van der Waals surface area contributed by atoms with Crippen molar-refractivity contribution in [3.05, 3.63) is 145 Å². The average molecular weight is 699 g/mol. The Kier molecular flexibility index (Phi) is 6.18. The van der Waals surface area contributed by atoms with E-state index in [4.69, 9.17) is 0 Å². The molecule has 0 aliphatic rings. The van der Waals surface area contributed by atoms with Crippen LogP contribution < -0.4 is 0 Å². The minimum absolute atomic E-state index is 0.0985. The summed E-state index contributed by atoms with van der Waals surface area (Å²) in [7, 11) is 0. The third kappa shape index (κ3) is 4.19. The second-order valence-corrected chi connectivity index (χ2v) is 17.2. The Morgan fingerprint density at radius 3 is 1.39 bits per heavy atom. The maximum Gasteiger partial charge on any atom is 0.0570 e. The molecule has 54 heavy (non-hydrogen) atoms. The van der Waals surface area contributed by atoms with Crippen molar-refractivity contribution in [2.45, 2.75) is 52.4 Å². The lowest BCUT2D eigenvalue weighted by molar-refractivity contribution is 0.597. The van der Waals surface area contributed by atoms with Crippen molar-refractivity contribution in [1.29, 1.82) is 0 Å². The molecule has 0 aliphatic carbocycles. The first-order chi connectivity index (χ1) is 26.1. The average Bonchev–Trinajstić information content (AvgIpc) is 3.91. The number of nitrogens with one attached hydrogen (secondary N) is 2. The fraction of sp³-hybridized carbons (Fsp3) is 0.160. The van der Waals surface area contributed by atoms with E-state index in [2.05, 4.69) is 194 Å². The van der Waals surface area contributed by atoms with Gasteiger partial charge in [0.2, 0.25) is 0 Å². The summed E-state index contributed by atoms with van der Waals surface area (Å²) in [5.74, 6) is 0. The highest BCUT2D eigenvalue weighted by Crippen LogP contribution is 2.49. The Hall–Kier alpha value is -6.26. The first kappa shape index (κ1) is 31.3. The standard InChI is InChI=1S/C50H42N4/c1-49(2,3)35-27-41-45(47-43(35)32-19-10-13-21-37(32)51-47)46-42(28-36(50(4,5)6)44-33-20-11-14-22-38(33)52-48(44)46)54(41)30-24-25-40-34(26-30)31-18-12-15-23-39(31)53(40)29-16-8-7-9-17-29/h7-28,51-52H,1-6H3. The number of aromatic nitrogens is 4. The molecule has 7 aromatic carbocycles. The van der Waals surface area contributed by atoms with Gasteiger partial charge in [-0.15, -0.1) is 0 Å². The van der Waals surface area contributed by atoms with E-state index in [0.717, 1.165) is 5.69 Å². The van der Waals surface area contributed by atoms with Crippen molar-refractivity contribution < 1.29 is 0 Å². The smallest absolute Gasteiger partial charge is 0.0570 e. The van der Waals surface area contributed by atoms with Gasteiger partial charge in [0.05, 0.1) is 33.1 Å². The minimum Gasteiger partial charge on any atom is -0.354 e. The number of benzene rings is 7. The van der Waals surface area contributed by atoms with Crippen molar-refractivity contribution in [3.8, 4) is 11.4 Å². The van der Waals surface area contributed by atoms with Crippen LogP contribution in [0.1, 0.15) is 52.7 Å². The van der Waals surface area contributed by atoms with Gasteiger partial charge in [-0.05, 0) is 82.6 Å². The Bertz CT molecular complexity index is 3180. The molecule has 4 aromatic heterocycles. The molecule has 0 aliphatic heterocycles. The van der Waals surface area contributed by atoms with Crippen molar-refractivity contribution >= 4 is 87.2 Å². The van der Waals surface area contributed by atoms with Crippen LogP contribution >= 0.6 is 0 Å². The third-order valence-electron chi connectivity index (χ3n) is 11.8. The predicted molar refractivity (Wildman–Crippen MR) is 231 cm³/mol. The molecule has 11 rings (SSSR count). The van der Waals surface area contributed by atoms with E-state index in [1.807, 2.05) is 0 Å². The molecule has 0 amide bonds. The van der Waals surface area contributed by atoms with Crippen LogP contribution in [-0.2, 0) is 10.8 Å². The van der Waals surface area contributed by atoms with Gasteiger partial charge in [0.1, 0.15) is 0 Å². The highest BCUT2D eigenvalue weighted by molar-refractivity contribution is 6.33. The topological polar surface area (TPSA) is 41.4 Å². The number of para-hydroxylation sites is 4.